The highest BCUT2D eigenvalue weighted by Crippen LogP contribution is 2.19. The Morgan fingerprint density at radius 3 is 2.79 bits per heavy atom. The van der Waals surface area contributed by atoms with Crippen LogP contribution in [-0.4, -0.2) is 43.4 Å². The number of aliphatic hydroxyl groups is 1. The van der Waals surface area contributed by atoms with Gasteiger partial charge in [0.1, 0.15) is 6.61 Å². The van der Waals surface area contributed by atoms with Gasteiger partial charge in [-0.05, 0) is 30.7 Å². The van der Waals surface area contributed by atoms with Crippen molar-refractivity contribution in [3.05, 3.63) is 24.3 Å². The van der Waals surface area contributed by atoms with E-state index in [2.05, 4.69) is 5.32 Å². The molecule has 1 aliphatic heterocycles. The Bertz CT molecular complexity index is 419. The first-order valence-electron chi connectivity index (χ1n) is 6.61. The molecule has 0 unspecified atom stereocenters. The van der Waals surface area contributed by atoms with Crippen LogP contribution < -0.4 is 10.2 Å². The minimum absolute atomic E-state index is 0.00614. The van der Waals surface area contributed by atoms with Crippen LogP contribution >= 0.6 is 0 Å². The average Bonchev–Trinajstić information content (AvgIpc) is 2.46. The largest absolute Gasteiger partial charge is 0.391 e. The standard InChI is InChI=1S/C14H20N2O3/c1-2-13(17)9-15-11-3-5-12(6-4-11)16-7-8-19-10-14(16)18/h3-6,13,15,17H,2,7-10H2,1H3/t13-/m1/s1. The van der Waals surface area contributed by atoms with Crippen LogP contribution in [0.5, 0.6) is 0 Å². The van der Waals surface area contributed by atoms with Gasteiger partial charge in [-0.15, -0.1) is 0 Å². The third-order valence-corrected chi connectivity index (χ3v) is 3.18. The molecule has 0 aliphatic carbocycles. The predicted molar refractivity (Wildman–Crippen MR) is 74.4 cm³/mol. The van der Waals surface area contributed by atoms with Gasteiger partial charge in [-0.1, -0.05) is 6.92 Å². The number of benzene rings is 1. The number of ether oxygens (including phenoxy) is 1. The number of hydrogen-bond donors (Lipinski definition) is 2. The average molecular weight is 264 g/mol. The van der Waals surface area contributed by atoms with Crippen molar-refractivity contribution < 1.29 is 14.6 Å². The third-order valence-electron chi connectivity index (χ3n) is 3.18. The number of rotatable bonds is 5. The van der Waals surface area contributed by atoms with Crippen LogP contribution in [0.3, 0.4) is 0 Å². The summed E-state index contributed by atoms with van der Waals surface area (Å²) in [5, 5.41) is 12.6. The first-order chi connectivity index (χ1) is 9.20. The number of nitrogens with zero attached hydrogens (tertiary/aromatic N) is 1. The maximum absolute atomic E-state index is 11.7. The molecule has 0 radical (unpaired) electrons. The molecule has 5 nitrogen and oxygen atoms in total. The number of carbonyl (C=O) groups is 1. The second kappa shape index (κ2) is 6.54. The summed E-state index contributed by atoms with van der Waals surface area (Å²) in [6.07, 6.45) is 0.397. The molecule has 1 aromatic carbocycles. The maximum Gasteiger partial charge on any atom is 0.253 e. The van der Waals surface area contributed by atoms with Gasteiger partial charge in [0, 0.05) is 24.5 Å². The fraction of sp³-hybridized carbons (Fsp3) is 0.500. The van der Waals surface area contributed by atoms with Crippen LogP contribution in [0.15, 0.2) is 24.3 Å². The number of morpholine rings is 1. The van der Waals surface area contributed by atoms with Crippen LogP contribution in [0.2, 0.25) is 0 Å². The van der Waals surface area contributed by atoms with Crippen LogP contribution in [0, 0.1) is 0 Å². The lowest BCUT2D eigenvalue weighted by molar-refractivity contribution is -0.125. The van der Waals surface area contributed by atoms with Crippen LogP contribution in [0.1, 0.15) is 13.3 Å². The van der Waals surface area contributed by atoms with Gasteiger partial charge >= 0.3 is 0 Å². The molecule has 1 aliphatic rings. The number of hydrogen-bond acceptors (Lipinski definition) is 4. The molecule has 19 heavy (non-hydrogen) atoms. The first-order valence-corrected chi connectivity index (χ1v) is 6.61. The molecule has 104 valence electrons. The topological polar surface area (TPSA) is 61.8 Å². The molecule has 1 saturated heterocycles. The van der Waals surface area contributed by atoms with Crippen molar-refractivity contribution in [2.75, 3.05) is 36.5 Å². The number of carbonyl (C=O) groups excluding carboxylic acids is 1. The van der Waals surface area contributed by atoms with E-state index in [1.807, 2.05) is 31.2 Å². The second-order valence-electron chi connectivity index (χ2n) is 4.59. The molecule has 1 amide bonds. The number of nitrogens with one attached hydrogen (secondary N) is 1. The van der Waals surface area contributed by atoms with Crippen LogP contribution in [0.4, 0.5) is 11.4 Å². The minimum Gasteiger partial charge on any atom is -0.391 e. The SMILES string of the molecule is CC[C@@H](O)CNc1ccc(N2CCOCC2=O)cc1. The Hall–Kier alpha value is -1.59. The van der Waals surface area contributed by atoms with Crippen molar-refractivity contribution in [2.45, 2.75) is 19.4 Å². The zero-order chi connectivity index (χ0) is 13.7. The molecule has 0 aromatic heterocycles. The maximum atomic E-state index is 11.7. The summed E-state index contributed by atoms with van der Waals surface area (Å²) in [6.45, 7) is 3.81. The van der Waals surface area contributed by atoms with Crippen LogP contribution in [0.25, 0.3) is 0 Å². The molecule has 2 N–H and O–H groups in total. The Morgan fingerprint density at radius 2 is 2.16 bits per heavy atom. The number of anilines is 2. The third kappa shape index (κ3) is 3.68. The summed E-state index contributed by atoms with van der Waals surface area (Å²) in [7, 11) is 0. The smallest absolute Gasteiger partial charge is 0.253 e. The van der Waals surface area contributed by atoms with Gasteiger partial charge in [0.2, 0.25) is 0 Å². The molecular weight excluding hydrogens is 244 g/mol. The summed E-state index contributed by atoms with van der Waals surface area (Å²) < 4.78 is 5.10. The molecule has 0 spiro atoms. The van der Waals surface area contributed by atoms with E-state index in [0.29, 0.717) is 19.7 Å². The Morgan fingerprint density at radius 1 is 1.42 bits per heavy atom. The van der Waals surface area contributed by atoms with Gasteiger partial charge in [-0.2, -0.15) is 0 Å². The molecular formula is C14H20N2O3. The van der Waals surface area contributed by atoms with Crippen molar-refractivity contribution in [3.8, 4) is 0 Å². The predicted octanol–water partition coefficient (Wildman–Crippen LogP) is 1.23. The summed E-state index contributed by atoms with van der Waals surface area (Å²) in [5.41, 5.74) is 1.83. The summed E-state index contributed by atoms with van der Waals surface area (Å²) in [6, 6.07) is 7.65. The zero-order valence-electron chi connectivity index (χ0n) is 11.1. The lowest BCUT2D eigenvalue weighted by Gasteiger charge is -2.27. The molecule has 0 bridgehead atoms. The van der Waals surface area contributed by atoms with E-state index >= 15 is 0 Å². The fourth-order valence-corrected chi connectivity index (χ4v) is 1.93. The van der Waals surface area contributed by atoms with Crippen molar-refractivity contribution >= 4 is 17.3 Å². The van der Waals surface area contributed by atoms with Gasteiger partial charge in [0.05, 0.1) is 12.7 Å². The van der Waals surface area contributed by atoms with Crippen molar-refractivity contribution in [2.24, 2.45) is 0 Å². The second-order valence-corrected chi connectivity index (χ2v) is 4.59. The molecule has 1 heterocycles. The lowest BCUT2D eigenvalue weighted by atomic mass is 10.2. The summed E-state index contributed by atoms with van der Waals surface area (Å²) in [5.74, 6) is -0.00614. The van der Waals surface area contributed by atoms with E-state index in [1.165, 1.54) is 0 Å². The summed E-state index contributed by atoms with van der Waals surface area (Å²) in [4.78, 5) is 13.4. The van der Waals surface area contributed by atoms with Crippen molar-refractivity contribution in [3.63, 3.8) is 0 Å². The van der Waals surface area contributed by atoms with E-state index in [9.17, 15) is 9.90 Å². The highest BCUT2D eigenvalue weighted by Gasteiger charge is 2.19. The van der Waals surface area contributed by atoms with Gasteiger partial charge in [-0.3, -0.25) is 4.79 Å². The van der Waals surface area contributed by atoms with Gasteiger partial charge in [0.15, 0.2) is 0 Å². The van der Waals surface area contributed by atoms with Gasteiger partial charge in [-0.25, -0.2) is 0 Å². The molecule has 5 heteroatoms. The first kappa shape index (κ1) is 13.8. The molecule has 2 rings (SSSR count). The number of amides is 1. The van der Waals surface area contributed by atoms with E-state index in [4.69, 9.17) is 4.74 Å². The quantitative estimate of drug-likeness (QED) is 0.840. The monoisotopic (exact) mass is 264 g/mol. The van der Waals surface area contributed by atoms with E-state index in [-0.39, 0.29) is 18.6 Å². The van der Waals surface area contributed by atoms with Crippen molar-refractivity contribution in [1.82, 2.24) is 0 Å². The Labute approximate surface area is 113 Å². The lowest BCUT2D eigenvalue weighted by Crippen LogP contribution is -2.41. The zero-order valence-corrected chi connectivity index (χ0v) is 11.1. The molecule has 0 saturated carbocycles. The van der Waals surface area contributed by atoms with E-state index in [1.54, 1.807) is 4.90 Å². The van der Waals surface area contributed by atoms with Crippen molar-refractivity contribution in [1.29, 1.82) is 0 Å². The number of aliphatic hydroxyl groups excluding tert-OH is 1. The fourth-order valence-electron chi connectivity index (χ4n) is 1.93. The van der Waals surface area contributed by atoms with Gasteiger partial charge in [0.25, 0.3) is 5.91 Å². The minimum atomic E-state index is -0.333. The van der Waals surface area contributed by atoms with Gasteiger partial charge < -0.3 is 20.1 Å². The molecule has 1 fully saturated rings. The molecule has 1 aromatic rings. The Kier molecular flexibility index (Phi) is 4.76. The summed E-state index contributed by atoms with van der Waals surface area (Å²) >= 11 is 0. The molecule has 1 atom stereocenters. The van der Waals surface area contributed by atoms with E-state index < -0.39 is 0 Å². The van der Waals surface area contributed by atoms with E-state index in [0.717, 1.165) is 17.8 Å². The normalized spacial score (nSPS) is 17.4. The van der Waals surface area contributed by atoms with Crippen LogP contribution in [-0.2, 0) is 9.53 Å². The Balaban J connectivity index is 1.95. The highest BCUT2D eigenvalue weighted by atomic mass is 16.5. The highest BCUT2D eigenvalue weighted by molar-refractivity contribution is 5.94.